The van der Waals surface area contributed by atoms with E-state index in [1.165, 1.54) is 44.5 Å². The summed E-state index contributed by atoms with van der Waals surface area (Å²) < 4.78 is 12.9. The Morgan fingerprint density at radius 2 is 1.09 bits per heavy atom. The van der Waals surface area contributed by atoms with E-state index in [2.05, 4.69) is 224 Å². The first-order chi connectivity index (χ1) is 33.7. The molecule has 0 saturated heterocycles. The number of rotatable bonds is 7. The SMILES string of the molecule is C=C/C=C\C(=C\c1ccc2oc3c4ccccc4ccc3c2c1)N(c1ccc(-c2ccc3c(c2)oc2ccccc23)cc1)c1cccc2c1-c1ccccc1C21c2ccccc2-c2ccccc21. The van der Waals surface area contributed by atoms with E-state index < -0.39 is 5.41 Å². The number of para-hydroxylation sites is 1. The average molecular weight is 868 g/mol. The molecule has 0 bridgehead atoms. The number of hydrogen-bond acceptors (Lipinski definition) is 3. The van der Waals surface area contributed by atoms with Crippen molar-refractivity contribution in [2.75, 3.05) is 4.90 Å². The Bertz CT molecular complexity index is 4080. The predicted octanol–water partition coefficient (Wildman–Crippen LogP) is 17.6. The van der Waals surface area contributed by atoms with Gasteiger partial charge in [-0.05, 0) is 128 Å². The fourth-order valence-electron chi connectivity index (χ4n) is 11.6. The minimum absolute atomic E-state index is 0.488. The summed E-state index contributed by atoms with van der Waals surface area (Å²) in [5.74, 6) is 0. The Morgan fingerprint density at radius 1 is 0.456 bits per heavy atom. The van der Waals surface area contributed by atoms with Gasteiger partial charge in [0, 0.05) is 43.9 Å². The monoisotopic (exact) mass is 867 g/mol. The van der Waals surface area contributed by atoms with E-state index >= 15 is 0 Å². The lowest BCUT2D eigenvalue weighted by Crippen LogP contribution is -2.26. The molecule has 2 aromatic heterocycles. The molecule has 0 N–H and O–H groups in total. The van der Waals surface area contributed by atoms with Gasteiger partial charge in [-0.1, -0.05) is 176 Å². The van der Waals surface area contributed by atoms with Gasteiger partial charge in [0.05, 0.1) is 11.1 Å². The van der Waals surface area contributed by atoms with Crippen LogP contribution in [0.1, 0.15) is 27.8 Å². The molecule has 0 radical (unpaired) electrons. The maximum Gasteiger partial charge on any atom is 0.143 e. The minimum Gasteiger partial charge on any atom is -0.456 e. The first-order valence-corrected chi connectivity index (χ1v) is 23.3. The van der Waals surface area contributed by atoms with Crippen LogP contribution in [0.3, 0.4) is 0 Å². The van der Waals surface area contributed by atoms with Gasteiger partial charge in [-0.2, -0.15) is 0 Å². The van der Waals surface area contributed by atoms with E-state index in [1.54, 1.807) is 0 Å². The van der Waals surface area contributed by atoms with E-state index in [-0.39, 0.29) is 0 Å². The van der Waals surface area contributed by atoms with Gasteiger partial charge in [-0.3, -0.25) is 0 Å². The van der Waals surface area contributed by atoms with Gasteiger partial charge in [-0.25, -0.2) is 0 Å². The Labute approximate surface area is 393 Å². The molecule has 0 amide bonds. The summed E-state index contributed by atoms with van der Waals surface area (Å²) in [6.07, 6.45) is 8.36. The summed E-state index contributed by atoms with van der Waals surface area (Å²) in [7, 11) is 0. The number of allylic oxidation sites excluding steroid dienone is 3. The van der Waals surface area contributed by atoms with Crippen molar-refractivity contribution in [3.63, 3.8) is 0 Å². The van der Waals surface area contributed by atoms with Gasteiger partial charge in [0.1, 0.15) is 22.3 Å². The van der Waals surface area contributed by atoms with Crippen molar-refractivity contribution in [2.45, 2.75) is 5.41 Å². The maximum absolute atomic E-state index is 6.58. The Hall–Kier alpha value is -8.92. The van der Waals surface area contributed by atoms with Gasteiger partial charge in [-0.15, -0.1) is 0 Å². The fraction of sp³-hybridized carbons (Fsp3) is 0.0154. The second-order valence-corrected chi connectivity index (χ2v) is 18.0. The topological polar surface area (TPSA) is 29.5 Å². The van der Waals surface area contributed by atoms with Gasteiger partial charge < -0.3 is 13.7 Å². The van der Waals surface area contributed by atoms with Crippen molar-refractivity contribution >= 4 is 72.1 Å². The molecule has 3 heteroatoms. The minimum atomic E-state index is -0.488. The lowest BCUT2D eigenvalue weighted by atomic mass is 9.70. The first kappa shape index (κ1) is 38.4. The molecule has 0 fully saturated rings. The van der Waals surface area contributed by atoms with Crippen LogP contribution >= 0.6 is 0 Å². The molecule has 10 aromatic carbocycles. The van der Waals surface area contributed by atoms with Crippen LogP contribution in [0.2, 0.25) is 0 Å². The fourth-order valence-corrected chi connectivity index (χ4v) is 11.6. The zero-order chi connectivity index (χ0) is 44.9. The summed E-state index contributed by atoms with van der Waals surface area (Å²) in [6.45, 7) is 4.14. The summed E-state index contributed by atoms with van der Waals surface area (Å²) >= 11 is 0. The molecule has 68 heavy (non-hydrogen) atoms. The smallest absolute Gasteiger partial charge is 0.143 e. The van der Waals surface area contributed by atoms with Gasteiger partial charge in [0.15, 0.2) is 0 Å². The molecular weight excluding hydrogens is 827 g/mol. The lowest BCUT2D eigenvalue weighted by Gasteiger charge is -2.32. The van der Waals surface area contributed by atoms with Crippen LogP contribution in [-0.2, 0) is 5.41 Å². The molecule has 1 spiro atoms. The van der Waals surface area contributed by atoms with E-state index in [4.69, 9.17) is 8.83 Å². The molecule has 318 valence electrons. The number of anilines is 2. The van der Waals surface area contributed by atoms with Crippen molar-refractivity contribution in [1.29, 1.82) is 0 Å². The number of fused-ring (bicyclic) bond motifs is 18. The molecule has 2 aliphatic rings. The van der Waals surface area contributed by atoms with Crippen LogP contribution in [-0.4, -0.2) is 0 Å². The molecule has 0 aliphatic heterocycles. The van der Waals surface area contributed by atoms with E-state index in [1.807, 2.05) is 24.3 Å². The van der Waals surface area contributed by atoms with Crippen LogP contribution < -0.4 is 4.90 Å². The first-order valence-electron chi connectivity index (χ1n) is 23.3. The third-order valence-electron chi connectivity index (χ3n) is 14.4. The lowest BCUT2D eigenvalue weighted by molar-refractivity contribution is 0.669. The second-order valence-electron chi connectivity index (χ2n) is 18.0. The normalized spacial score (nSPS) is 13.5. The van der Waals surface area contributed by atoms with Gasteiger partial charge in [0.2, 0.25) is 0 Å². The molecule has 0 atom stereocenters. The highest BCUT2D eigenvalue weighted by Gasteiger charge is 2.52. The van der Waals surface area contributed by atoms with Gasteiger partial charge >= 0.3 is 0 Å². The Kier molecular flexibility index (Phi) is 8.35. The Morgan fingerprint density at radius 3 is 1.88 bits per heavy atom. The molecule has 0 unspecified atom stereocenters. The average Bonchev–Trinajstić information content (AvgIpc) is 4.13. The Balaban J connectivity index is 0.994. The molecule has 0 saturated carbocycles. The number of hydrogen-bond donors (Lipinski definition) is 0. The molecule has 3 nitrogen and oxygen atoms in total. The van der Waals surface area contributed by atoms with Crippen molar-refractivity contribution in [3.8, 4) is 33.4 Å². The highest BCUT2D eigenvalue weighted by atomic mass is 16.3. The largest absolute Gasteiger partial charge is 0.456 e. The van der Waals surface area contributed by atoms with Crippen molar-refractivity contribution in [3.05, 3.63) is 271 Å². The quantitative estimate of drug-likeness (QED) is 0.150. The second kappa shape index (κ2) is 14.8. The molecule has 14 rings (SSSR count). The zero-order valence-electron chi connectivity index (χ0n) is 37.0. The van der Waals surface area contributed by atoms with Crippen molar-refractivity contribution in [1.82, 2.24) is 0 Å². The van der Waals surface area contributed by atoms with Gasteiger partial charge in [0.25, 0.3) is 0 Å². The molecule has 2 aliphatic carbocycles. The third-order valence-corrected chi connectivity index (χ3v) is 14.4. The summed E-state index contributed by atoms with van der Waals surface area (Å²) in [5, 5.41) is 6.71. The highest BCUT2D eigenvalue weighted by Crippen LogP contribution is 2.64. The van der Waals surface area contributed by atoms with Crippen LogP contribution in [0, 0.1) is 0 Å². The highest BCUT2D eigenvalue weighted by molar-refractivity contribution is 6.15. The summed E-state index contributed by atoms with van der Waals surface area (Å²) in [4.78, 5) is 2.43. The standard InChI is InChI=1S/C65H41NO2/c1-2-3-16-46(38-41-28-37-61-54(39-41)52-36-31-43-15-4-5-17-47(43)64(52)68-61)66(45-33-29-42(30-34-45)44-32-35-51-50-20-9-13-27-60(50)67-62(51)40-44)59-26-14-25-58-63(59)53-21-8-12-24-57(53)65(58)55-22-10-6-18-48(55)49-19-7-11-23-56(49)65/h2-40H,1H2/b16-3-,46-38-. The predicted molar refractivity (Wildman–Crippen MR) is 283 cm³/mol. The molecular formula is C65H41NO2. The zero-order valence-corrected chi connectivity index (χ0v) is 37.0. The van der Waals surface area contributed by atoms with Crippen LogP contribution in [0.4, 0.5) is 11.4 Å². The molecule has 2 heterocycles. The van der Waals surface area contributed by atoms with E-state index in [9.17, 15) is 0 Å². The van der Waals surface area contributed by atoms with E-state index in [0.717, 1.165) is 88.4 Å². The molecule has 12 aromatic rings. The van der Waals surface area contributed by atoms with Crippen molar-refractivity contribution in [2.24, 2.45) is 0 Å². The summed E-state index contributed by atoms with van der Waals surface area (Å²) in [6, 6.07) is 77.0. The number of nitrogens with zero attached hydrogens (tertiary/aromatic N) is 1. The summed E-state index contributed by atoms with van der Waals surface area (Å²) in [5.41, 5.74) is 19.7. The maximum atomic E-state index is 6.58. The van der Waals surface area contributed by atoms with E-state index in [0.29, 0.717) is 0 Å². The number of furan rings is 2. The van der Waals surface area contributed by atoms with Crippen LogP contribution in [0.25, 0.3) is 94.1 Å². The third kappa shape index (κ3) is 5.47. The number of benzene rings is 10. The van der Waals surface area contributed by atoms with Crippen LogP contribution in [0.5, 0.6) is 0 Å². The van der Waals surface area contributed by atoms with Crippen LogP contribution in [0.15, 0.2) is 252 Å². The van der Waals surface area contributed by atoms with Crippen molar-refractivity contribution < 1.29 is 8.83 Å².